The number of aliphatic hydroxyl groups is 1. The van der Waals surface area contributed by atoms with Crippen LogP contribution in [0.1, 0.15) is 69.4 Å². The highest BCUT2D eigenvalue weighted by Gasteiger charge is 2.45. The fourth-order valence-corrected chi connectivity index (χ4v) is 5.46. The first-order chi connectivity index (χ1) is 18.5. The maximum absolute atomic E-state index is 8.29. The van der Waals surface area contributed by atoms with E-state index in [1.165, 1.54) is 44.1 Å². The molecule has 208 valence electrons. The van der Waals surface area contributed by atoms with E-state index in [1.54, 1.807) is 18.0 Å². The second kappa shape index (κ2) is 13.2. The molecular weight excluding hydrogens is 482 g/mol. The second-order valence-electron chi connectivity index (χ2n) is 10.4. The topological polar surface area (TPSA) is 146 Å². The number of fused-ring (bicyclic) bond motifs is 1. The zero-order valence-electron chi connectivity index (χ0n) is 22.8. The third-order valence-corrected chi connectivity index (χ3v) is 7.80. The summed E-state index contributed by atoms with van der Waals surface area (Å²) >= 11 is 0. The molecule has 1 atom stereocenters. The standard InChI is InChI=1S/C22H29N7O2.C6H14O/c1-30-17-9-14(10-25-18-5-8-31-13-22(18)6-2-7-22)3-4-15(17)12-29-19-16(11-26-29)27-21(24)28-20(19)23;1-2-3-4-5-6-7/h3-4,9,11,18,25H,2,5-8,10,12-13H2,1H3,(H4,23,24,27,28);7H,2-6H2,1H3. The molecule has 1 aliphatic carbocycles. The molecule has 1 aromatic carbocycles. The number of anilines is 2. The number of nitrogen functional groups attached to an aromatic ring is 2. The number of benzene rings is 1. The van der Waals surface area contributed by atoms with Gasteiger partial charge in [0.2, 0.25) is 5.95 Å². The van der Waals surface area contributed by atoms with Crippen LogP contribution in [0, 0.1) is 5.41 Å². The zero-order valence-corrected chi connectivity index (χ0v) is 22.8. The monoisotopic (exact) mass is 525 g/mol. The van der Waals surface area contributed by atoms with Gasteiger partial charge in [-0.2, -0.15) is 10.1 Å². The quantitative estimate of drug-likeness (QED) is 0.291. The van der Waals surface area contributed by atoms with Crippen molar-refractivity contribution in [2.24, 2.45) is 5.41 Å². The number of hydrogen-bond donors (Lipinski definition) is 4. The van der Waals surface area contributed by atoms with Crippen LogP contribution in [-0.2, 0) is 17.8 Å². The van der Waals surface area contributed by atoms with Gasteiger partial charge in [-0.1, -0.05) is 44.7 Å². The van der Waals surface area contributed by atoms with Crippen molar-refractivity contribution in [3.63, 3.8) is 0 Å². The highest BCUT2D eigenvalue weighted by atomic mass is 16.5. The maximum Gasteiger partial charge on any atom is 0.222 e. The lowest BCUT2D eigenvalue weighted by Gasteiger charge is -2.50. The lowest BCUT2D eigenvalue weighted by molar-refractivity contribution is -0.0780. The van der Waals surface area contributed by atoms with Crippen LogP contribution in [0.25, 0.3) is 11.0 Å². The van der Waals surface area contributed by atoms with E-state index in [9.17, 15) is 0 Å². The molecule has 1 spiro atoms. The fraction of sp³-hybridized carbons (Fsp3) is 0.607. The van der Waals surface area contributed by atoms with Crippen LogP contribution in [0.4, 0.5) is 11.8 Å². The Kier molecular flexibility index (Phi) is 9.76. The third kappa shape index (κ3) is 6.54. The molecule has 2 aromatic heterocycles. The predicted molar refractivity (Wildman–Crippen MR) is 150 cm³/mol. The predicted octanol–water partition coefficient (Wildman–Crippen LogP) is 3.66. The van der Waals surface area contributed by atoms with E-state index in [1.807, 2.05) is 0 Å². The second-order valence-corrected chi connectivity index (χ2v) is 10.4. The summed E-state index contributed by atoms with van der Waals surface area (Å²) in [7, 11) is 1.69. The smallest absolute Gasteiger partial charge is 0.222 e. The summed E-state index contributed by atoms with van der Waals surface area (Å²) in [5.41, 5.74) is 15.6. The van der Waals surface area contributed by atoms with Crippen LogP contribution in [0.2, 0.25) is 0 Å². The van der Waals surface area contributed by atoms with Crippen LogP contribution in [0.15, 0.2) is 24.4 Å². The van der Waals surface area contributed by atoms with E-state index < -0.39 is 0 Å². The molecule has 5 rings (SSSR count). The molecule has 6 N–H and O–H groups in total. The van der Waals surface area contributed by atoms with Gasteiger partial charge in [0.1, 0.15) is 16.8 Å². The van der Waals surface area contributed by atoms with Crippen LogP contribution in [-0.4, -0.2) is 57.8 Å². The number of unbranched alkanes of at least 4 members (excludes halogenated alkanes) is 3. The van der Waals surface area contributed by atoms with Crippen LogP contribution >= 0.6 is 0 Å². The van der Waals surface area contributed by atoms with Crippen molar-refractivity contribution in [2.75, 3.05) is 38.4 Å². The Morgan fingerprint density at radius 1 is 1.21 bits per heavy atom. The van der Waals surface area contributed by atoms with E-state index >= 15 is 0 Å². The number of aliphatic hydroxyl groups excluding tert-OH is 1. The molecule has 1 unspecified atom stereocenters. The van der Waals surface area contributed by atoms with E-state index in [2.05, 4.69) is 45.5 Å². The van der Waals surface area contributed by atoms with Crippen LogP contribution in [0.5, 0.6) is 5.75 Å². The third-order valence-electron chi connectivity index (χ3n) is 7.80. The molecule has 2 aliphatic rings. The molecule has 0 bridgehead atoms. The molecule has 0 radical (unpaired) electrons. The summed E-state index contributed by atoms with van der Waals surface area (Å²) in [6.45, 7) is 5.58. The molecule has 2 fully saturated rings. The minimum Gasteiger partial charge on any atom is -0.496 e. The Balaban J connectivity index is 0.000000426. The minimum atomic E-state index is 0.146. The van der Waals surface area contributed by atoms with Crippen molar-refractivity contribution in [2.45, 2.75) is 77.4 Å². The van der Waals surface area contributed by atoms with Crippen LogP contribution < -0.4 is 21.5 Å². The van der Waals surface area contributed by atoms with E-state index in [0.29, 0.717) is 41.5 Å². The van der Waals surface area contributed by atoms with Crippen molar-refractivity contribution < 1.29 is 14.6 Å². The van der Waals surface area contributed by atoms with Gasteiger partial charge in [-0.25, -0.2) is 4.98 Å². The average Bonchev–Trinajstić information content (AvgIpc) is 3.30. The summed E-state index contributed by atoms with van der Waals surface area (Å²) in [5.74, 6) is 1.29. The number of aromatic nitrogens is 4. The molecule has 3 aromatic rings. The number of rotatable bonds is 10. The van der Waals surface area contributed by atoms with Gasteiger partial charge in [0.05, 0.1) is 26.5 Å². The minimum absolute atomic E-state index is 0.146. The maximum atomic E-state index is 8.29. The van der Waals surface area contributed by atoms with Gasteiger partial charge in [-0.15, -0.1) is 0 Å². The number of ether oxygens (including phenoxy) is 2. The summed E-state index contributed by atoms with van der Waals surface area (Å²) in [5, 5.41) is 16.5. The van der Waals surface area contributed by atoms with Gasteiger partial charge in [-0.05, 0) is 37.3 Å². The molecule has 3 heterocycles. The lowest BCUT2D eigenvalue weighted by Crippen LogP contribution is -2.55. The van der Waals surface area contributed by atoms with Gasteiger partial charge in [-0.3, -0.25) is 4.68 Å². The Labute approximate surface area is 225 Å². The fourth-order valence-electron chi connectivity index (χ4n) is 5.46. The first kappa shape index (κ1) is 28.1. The number of methoxy groups -OCH3 is 1. The van der Waals surface area contributed by atoms with Crippen molar-refractivity contribution in [3.8, 4) is 5.75 Å². The first-order valence-electron chi connectivity index (χ1n) is 13.8. The molecular formula is C28H43N7O3. The highest BCUT2D eigenvalue weighted by Crippen LogP contribution is 2.47. The molecule has 10 nitrogen and oxygen atoms in total. The summed E-state index contributed by atoms with van der Waals surface area (Å²) in [6, 6.07) is 6.84. The van der Waals surface area contributed by atoms with Gasteiger partial charge < -0.3 is 31.4 Å². The van der Waals surface area contributed by atoms with E-state index in [0.717, 1.165) is 43.9 Å². The van der Waals surface area contributed by atoms with Gasteiger partial charge >= 0.3 is 0 Å². The van der Waals surface area contributed by atoms with E-state index in [-0.39, 0.29) is 5.95 Å². The number of nitrogens with two attached hydrogens (primary N) is 2. The summed E-state index contributed by atoms with van der Waals surface area (Å²) < 4.78 is 13.2. The Hall–Kier alpha value is -2.95. The molecule has 0 amide bonds. The Morgan fingerprint density at radius 3 is 2.76 bits per heavy atom. The van der Waals surface area contributed by atoms with Crippen LogP contribution in [0.3, 0.4) is 0 Å². The zero-order chi connectivity index (χ0) is 27.0. The number of nitrogens with one attached hydrogen (secondary N) is 1. The molecule has 1 saturated heterocycles. The normalized spacial score (nSPS) is 18.1. The summed E-state index contributed by atoms with van der Waals surface area (Å²) in [6.07, 6.45) is 11.3. The number of hydrogen-bond acceptors (Lipinski definition) is 9. The van der Waals surface area contributed by atoms with Crippen molar-refractivity contribution in [3.05, 3.63) is 35.5 Å². The van der Waals surface area contributed by atoms with E-state index in [4.69, 9.17) is 26.0 Å². The van der Waals surface area contributed by atoms with Gasteiger partial charge in [0.15, 0.2) is 5.82 Å². The first-order valence-corrected chi connectivity index (χ1v) is 13.8. The van der Waals surface area contributed by atoms with Crippen molar-refractivity contribution in [1.82, 2.24) is 25.1 Å². The molecule has 38 heavy (non-hydrogen) atoms. The largest absolute Gasteiger partial charge is 0.496 e. The SMILES string of the molecule is CCCCCCO.COc1cc(CNC2CCOCC23CCC3)ccc1Cn1ncc2nc(N)nc(N)c21. The Bertz CT molecular complexity index is 1170. The van der Waals surface area contributed by atoms with Crippen molar-refractivity contribution in [1.29, 1.82) is 0 Å². The van der Waals surface area contributed by atoms with Gasteiger partial charge in [0.25, 0.3) is 0 Å². The average molecular weight is 526 g/mol. The molecule has 10 heteroatoms. The van der Waals surface area contributed by atoms with Crippen molar-refractivity contribution >= 4 is 22.8 Å². The summed E-state index contributed by atoms with van der Waals surface area (Å²) in [4.78, 5) is 8.26. The number of nitrogens with zero attached hydrogens (tertiary/aromatic N) is 4. The Morgan fingerprint density at radius 2 is 2.05 bits per heavy atom. The highest BCUT2D eigenvalue weighted by molar-refractivity contribution is 5.85. The molecule has 1 saturated carbocycles. The lowest BCUT2D eigenvalue weighted by atomic mass is 9.63. The van der Waals surface area contributed by atoms with Gasteiger partial charge in [0, 0.05) is 36.8 Å². The molecule has 1 aliphatic heterocycles.